The van der Waals surface area contributed by atoms with Gasteiger partial charge in [-0.15, -0.1) is 21.5 Å². The molecule has 0 fully saturated rings. The van der Waals surface area contributed by atoms with Crippen molar-refractivity contribution in [2.75, 3.05) is 5.43 Å². The van der Waals surface area contributed by atoms with Crippen LogP contribution in [0.25, 0.3) is 10.2 Å². The molecule has 0 radical (unpaired) electrons. The normalized spacial score (nSPS) is 11.1. The number of hydrogen-bond acceptors (Lipinski definition) is 8. The standard InChI is InChI=1S/C10H10N6OS2/c1-5-3-18-8-7(5)12-4-16(9(8)17)2-6-14-15-10(13-11)19-6/h3-4H,2,11H2,1H3,(H,13,15). The molecule has 3 heterocycles. The van der Waals surface area contributed by atoms with Crippen LogP contribution >= 0.6 is 22.7 Å². The molecule has 0 spiro atoms. The summed E-state index contributed by atoms with van der Waals surface area (Å²) in [5, 5.41) is 10.9. The number of hydrogen-bond donors (Lipinski definition) is 2. The maximum Gasteiger partial charge on any atom is 0.271 e. The monoisotopic (exact) mass is 294 g/mol. The first kappa shape index (κ1) is 12.2. The summed E-state index contributed by atoms with van der Waals surface area (Å²) in [5.74, 6) is 5.24. The second kappa shape index (κ2) is 4.68. The number of nitrogens with one attached hydrogen (secondary N) is 1. The molecule has 19 heavy (non-hydrogen) atoms. The molecule has 0 saturated heterocycles. The van der Waals surface area contributed by atoms with E-state index in [9.17, 15) is 4.79 Å². The van der Waals surface area contributed by atoms with E-state index in [0.29, 0.717) is 21.4 Å². The van der Waals surface area contributed by atoms with Gasteiger partial charge in [0, 0.05) is 0 Å². The average Bonchev–Trinajstić information content (AvgIpc) is 3.00. The summed E-state index contributed by atoms with van der Waals surface area (Å²) in [6.07, 6.45) is 1.54. The second-order valence-electron chi connectivity index (χ2n) is 3.92. The zero-order chi connectivity index (χ0) is 13.4. The van der Waals surface area contributed by atoms with E-state index in [1.54, 1.807) is 6.33 Å². The minimum Gasteiger partial charge on any atom is -0.298 e. The SMILES string of the molecule is Cc1csc2c(=O)n(Cc3nnc(NN)s3)cnc12. The van der Waals surface area contributed by atoms with Crippen LogP contribution in [-0.2, 0) is 6.54 Å². The van der Waals surface area contributed by atoms with Crippen LogP contribution < -0.4 is 16.8 Å². The van der Waals surface area contributed by atoms with Crippen molar-refractivity contribution in [2.24, 2.45) is 5.84 Å². The summed E-state index contributed by atoms with van der Waals surface area (Å²) >= 11 is 2.72. The van der Waals surface area contributed by atoms with Gasteiger partial charge in [-0.3, -0.25) is 14.8 Å². The Bertz CT molecular complexity index is 789. The van der Waals surface area contributed by atoms with Crippen LogP contribution in [0.1, 0.15) is 10.6 Å². The van der Waals surface area contributed by atoms with E-state index in [0.717, 1.165) is 11.1 Å². The number of nitrogens with zero attached hydrogens (tertiary/aromatic N) is 4. The van der Waals surface area contributed by atoms with Crippen molar-refractivity contribution in [1.29, 1.82) is 0 Å². The fourth-order valence-electron chi connectivity index (χ4n) is 1.69. The molecule has 0 bridgehead atoms. The largest absolute Gasteiger partial charge is 0.298 e. The summed E-state index contributed by atoms with van der Waals surface area (Å²) < 4.78 is 2.20. The Balaban J connectivity index is 2.01. The van der Waals surface area contributed by atoms with Crippen molar-refractivity contribution in [1.82, 2.24) is 19.7 Å². The summed E-state index contributed by atoms with van der Waals surface area (Å²) in [4.78, 5) is 16.6. The lowest BCUT2D eigenvalue weighted by Crippen LogP contribution is -2.20. The van der Waals surface area contributed by atoms with E-state index in [2.05, 4.69) is 20.6 Å². The van der Waals surface area contributed by atoms with Crippen LogP contribution in [0.4, 0.5) is 5.13 Å². The predicted molar refractivity (Wildman–Crippen MR) is 75.4 cm³/mol. The van der Waals surface area contributed by atoms with Gasteiger partial charge in [-0.05, 0) is 17.9 Å². The predicted octanol–water partition coefficient (Wildman–Crippen LogP) is 0.952. The molecule has 0 unspecified atom stereocenters. The molecular formula is C10H10N6OS2. The fourth-order valence-corrected chi connectivity index (χ4v) is 3.29. The highest BCUT2D eigenvalue weighted by Gasteiger charge is 2.10. The van der Waals surface area contributed by atoms with Crippen molar-refractivity contribution >= 4 is 38.0 Å². The minimum atomic E-state index is -0.0550. The van der Waals surface area contributed by atoms with Gasteiger partial charge in [-0.1, -0.05) is 11.3 Å². The summed E-state index contributed by atoms with van der Waals surface area (Å²) in [5.41, 5.74) is 4.16. The van der Waals surface area contributed by atoms with E-state index in [1.165, 1.54) is 27.2 Å². The van der Waals surface area contributed by atoms with Gasteiger partial charge in [0.1, 0.15) is 9.71 Å². The summed E-state index contributed by atoms with van der Waals surface area (Å²) in [6, 6.07) is 0. The van der Waals surface area contributed by atoms with Gasteiger partial charge in [0.25, 0.3) is 5.56 Å². The number of anilines is 1. The minimum absolute atomic E-state index is 0.0550. The molecule has 0 aliphatic rings. The van der Waals surface area contributed by atoms with E-state index >= 15 is 0 Å². The topological polar surface area (TPSA) is 98.7 Å². The second-order valence-corrected chi connectivity index (χ2v) is 5.86. The van der Waals surface area contributed by atoms with E-state index in [-0.39, 0.29) is 5.56 Å². The lowest BCUT2D eigenvalue weighted by atomic mass is 10.3. The third kappa shape index (κ3) is 2.11. The van der Waals surface area contributed by atoms with Crippen molar-refractivity contribution in [2.45, 2.75) is 13.5 Å². The number of nitrogen functional groups attached to an aromatic ring is 1. The van der Waals surface area contributed by atoms with Crippen LogP contribution in [0.3, 0.4) is 0 Å². The molecule has 0 atom stereocenters. The molecule has 3 N–H and O–H groups in total. The Morgan fingerprint density at radius 2 is 2.32 bits per heavy atom. The smallest absolute Gasteiger partial charge is 0.271 e. The molecular weight excluding hydrogens is 284 g/mol. The molecule has 98 valence electrons. The molecule has 3 rings (SSSR count). The quantitative estimate of drug-likeness (QED) is 0.551. The van der Waals surface area contributed by atoms with E-state index < -0.39 is 0 Å². The van der Waals surface area contributed by atoms with Crippen molar-refractivity contribution in [3.63, 3.8) is 0 Å². The fraction of sp³-hybridized carbons (Fsp3) is 0.200. The molecule has 0 aliphatic carbocycles. The number of hydrazine groups is 1. The van der Waals surface area contributed by atoms with Gasteiger partial charge >= 0.3 is 0 Å². The number of fused-ring (bicyclic) bond motifs is 1. The zero-order valence-corrected chi connectivity index (χ0v) is 11.6. The van der Waals surface area contributed by atoms with Crippen LogP contribution in [0.15, 0.2) is 16.5 Å². The first-order valence-electron chi connectivity index (χ1n) is 5.41. The van der Waals surface area contributed by atoms with Crippen molar-refractivity contribution in [3.05, 3.63) is 32.6 Å². The molecule has 0 aromatic carbocycles. The van der Waals surface area contributed by atoms with Crippen LogP contribution in [0, 0.1) is 6.92 Å². The van der Waals surface area contributed by atoms with Crippen molar-refractivity contribution < 1.29 is 0 Å². The third-order valence-electron chi connectivity index (χ3n) is 2.62. The van der Waals surface area contributed by atoms with Crippen LogP contribution in [0.5, 0.6) is 0 Å². The first-order chi connectivity index (χ1) is 9.19. The van der Waals surface area contributed by atoms with E-state index in [4.69, 9.17) is 5.84 Å². The Labute approximate surface area is 115 Å². The Hall–Kier alpha value is -1.84. The van der Waals surface area contributed by atoms with Crippen molar-refractivity contribution in [3.8, 4) is 0 Å². The molecule has 3 aromatic rings. The Morgan fingerprint density at radius 3 is 3.05 bits per heavy atom. The molecule has 9 heteroatoms. The maximum absolute atomic E-state index is 12.3. The van der Waals surface area contributed by atoms with Gasteiger partial charge in [-0.2, -0.15) is 0 Å². The molecule has 0 amide bonds. The Kier molecular flexibility index (Phi) is 3.01. The zero-order valence-electron chi connectivity index (χ0n) is 9.95. The molecule has 0 aliphatic heterocycles. The first-order valence-corrected chi connectivity index (χ1v) is 7.11. The maximum atomic E-state index is 12.3. The molecule has 3 aromatic heterocycles. The average molecular weight is 294 g/mol. The lowest BCUT2D eigenvalue weighted by Gasteiger charge is -2.01. The highest BCUT2D eigenvalue weighted by Crippen LogP contribution is 2.20. The van der Waals surface area contributed by atoms with E-state index in [1.807, 2.05) is 12.3 Å². The van der Waals surface area contributed by atoms with Gasteiger partial charge in [0.05, 0.1) is 18.4 Å². The van der Waals surface area contributed by atoms with Gasteiger partial charge in [-0.25, -0.2) is 10.8 Å². The lowest BCUT2D eigenvalue weighted by molar-refractivity contribution is 0.735. The van der Waals surface area contributed by atoms with Gasteiger partial charge < -0.3 is 0 Å². The van der Waals surface area contributed by atoms with Gasteiger partial charge in [0.15, 0.2) is 0 Å². The van der Waals surface area contributed by atoms with Crippen LogP contribution in [0.2, 0.25) is 0 Å². The molecule has 7 nitrogen and oxygen atoms in total. The molecule has 0 saturated carbocycles. The number of aromatic nitrogens is 4. The highest BCUT2D eigenvalue weighted by molar-refractivity contribution is 7.17. The number of aryl methyl sites for hydroxylation is 1. The summed E-state index contributed by atoms with van der Waals surface area (Å²) in [7, 11) is 0. The Morgan fingerprint density at radius 1 is 1.47 bits per heavy atom. The highest BCUT2D eigenvalue weighted by atomic mass is 32.1. The third-order valence-corrected chi connectivity index (χ3v) is 4.53. The number of thiophene rings is 1. The summed E-state index contributed by atoms with van der Waals surface area (Å²) in [6.45, 7) is 2.29. The van der Waals surface area contributed by atoms with Crippen LogP contribution in [-0.4, -0.2) is 19.7 Å². The number of nitrogens with two attached hydrogens (primary N) is 1. The number of rotatable bonds is 3. The van der Waals surface area contributed by atoms with Gasteiger partial charge in [0.2, 0.25) is 5.13 Å².